The van der Waals surface area contributed by atoms with Crippen LogP contribution in [0.25, 0.3) is 0 Å². The van der Waals surface area contributed by atoms with Crippen molar-refractivity contribution < 1.29 is 17.7 Å². The molecule has 2 aliphatic carbocycles. The van der Waals surface area contributed by atoms with Crippen LogP contribution in [0.2, 0.25) is 0 Å². The molecule has 2 saturated carbocycles. The molecule has 4 nitrogen and oxygen atoms in total. The lowest BCUT2D eigenvalue weighted by molar-refractivity contribution is 0.0109. The Morgan fingerprint density at radius 1 is 1.38 bits per heavy atom. The molecule has 1 aliphatic heterocycles. The van der Waals surface area contributed by atoms with Crippen LogP contribution < -0.4 is 0 Å². The normalized spacial score (nSPS) is 61.7. The molecule has 6 atom stereocenters. The summed E-state index contributed by atoms with van der Waals surface area (Å²) in [7, 11) is -3.37. The van der Waals surface area contributed by atoms with E-state index in [-0.39, 0.29) is 23.0 Å². The molecule has 74 valence electrons. The molecule has 1 heterocycles. The first kappa shape index (κ1) is 8.20. The predicted molar refractivity (Wildman–Crippen MR) is 44.3 cm³/mol. The van der Waals surface area contributed by atoms with Gasteiger partial charge in [0, 0.05) is 5.92 Å². The van der Waals surface area contributed by atoms with Gasteiger partial charge < -0.3 is 5.11 Å². The fourth-order valence-electron chi connectivity index (χ4n) is 3.39. The van der Waals surface area contributed by atoms with E-state index in [0.717, 1.165) is 6.42 Å². The van der Waals surface area contributed by atoms with Crippen LogP contribution in [0.5, 0.6) is 0 Å². The molecule has 0 amide bonds. The van der Waals surface area contributed by atoms with Crippen molar-refractivity contribution in [1.29, 1.82) is 0 Å². The van der Waals surface area contributed by atoms with Crippen LogP contribution >= 0.6 is 0 Å². The van der Waals surface area contributed by atoms with Crippen LogP contribution in [0.15, 0.2) is 0 Å². The monoisotopic (exact) mass is 204 g/mol. The molecule has 0 spiro atoms. The minimum Gasteiger partial charge on any atom is -0.390 e. The second kappa shape index (κ2) is 2.10. The van der Waals surface area contributed by atoms with Gasteiger partial charge >= 0.3 is 0 Å². The first-order valence-electron chi connectivity index (χ1n) is 4.62. The Morgan fingerprint density at radius 3 is 2.69 bits per heavy atom. The largest absolute Gasteiger partial charge is 0.390 e. The Hall–Kier alpha value is -0.130. The zero-order valence-electron chi connectivity index (χ0n) is 7.25. The highest BCUT2D eigenvalue weighted by Gasteiger charge is 2.66. The predicted octanol–water partition coefficient (Wildman–Crippen LogP) is -0.270. The summed E-state index contributed by atoms with van der Waals surface area (Å²) >= 11 is 0. The summed E-state index contributed by atoms with van der Waals surface area (Å²) in [6, 6.07) is 0. The smallest absolute Gasteiger partial charge is 0.271 e. The van der Waals surface area contributed by atoms with E-state index in [1.165, 1.54) is 0 Å². The Kier molecular flexibility index (Phi) is 1.32. The van der Waals surface area contributed by atoms with E-state index in [2.05, 4.69) is 0 Å². The zero-order chi connectivity index (χ0) is 9.38. The average Bonchev–Trinajstić information content (AvgIpc) is 2.54. The van der Waals surface area contributed by atoms with Crippen molar-refractivity contribution in [2.75, 3.05) is 0 Å². The molecule has 0 aromatic heterocycles. The Morgan fingerprint density at radius 2 is 2.08 bits per heavy atom. The van der Waals surface area contributed by atoms with Gasteiger partial charge in [-0.25, -0.2) is 0 Å². The molecule has 3 rings (SSSR count). The van der Waals surface area contributed by atoms with E-state index >= 15 is 0 Å². The molecular formula is C8H12O4S. The summed E-state index contributed by atoms with van der Waals surface area (Å²) in [4.78, 5) is 0. The molecule has 0 aromatic carbocycles. The highest BCUT2D eigenvalue weighted by molar-refractivity contribution is 7.87. The topological polar surface area (TPSA) is 63.6 Å². The van der Waals surface area contributed by atoms with Gasteiger partial charge in [0.25, 0.3) is 10.1 Å². The van der Waals surface area contributed by atoms with E-state index in [1.807, 2.05) is 6.92 Å². The van der Waals surface area contributed by atoms with Crippen molar-refractivity contribution in [3.05, 3.63) is 0 Å². The molecule has 0 aromatic rings. The number of rotatable bonds is 0. The van der Waals surface area contributed by atoms with Crippen molar-refractivity contribution in [3.8, 4) is 0 Å². The average molecular weight is 204 g/mol. The summed E-state index contributed by atoms with van der Waals surface area (Å²) in [5, 5.41) is 9.38. The molecule has 0 radical (unpaired) electrons. The van der Waals surface area contributed by atoms with Crippen molar-refractivity contribution >= 4 is 10.1 Å². The summed E-state index contributed by atoms with van der Waals surface area (Å²) in [5.74, 6) is 0.251. The van der Waals surface area contributed by atoms with Gasteiger partial charge in [-0.1, -0.05) is 6.92 Å². The number of hydrogen-bond acceptors (Lipinski definition) is 4. The molecule has 2 bridgehead atoms. The van der Waals surface area contributed by atoms with Crippen LogP contribution in [0.4, 0.5) is 0 Å². The highest BCUT2D eigenvalue weighted by atomic mass is 32.2. The molecule has 13 heavy (non-hydrogen) atoms. The zero-order valence-corrected chi connectivity index (χ0v) is 8.07. The Labute approximate surface area is 77.0 Å². The third kappa shape index (κ3) is 0.765. The Bertz CT molecular complexity index is 349. The minimum absolute atomic E-state index is 0.0556. The molecule has 3 fully saturated rings. The van der Waals surface area contributed by atoms with Crippen molar-refractivity contribution in [2.45, 2.75) is 30.8 Å². The van der Waals surface area contributed by atoms with Gasteiger partial charge in [-0.05, 0) is 18.3 Å². The fraction of sp³-hybridized carbons (Fsp3) is 1.00. The van der Waals surface area contributed by atoms with Crippen LogP contribution in [-0.4, -0.2) is 31.0 Å². The van der Waals surface area contributed by atoms with E-state index < -0.39 is 22.3 Å². The third-order valence-corrected chi connectivity index (χ3v) is 5.87. The minimum atomic E-state index is -3.37. The highest BCUT2D eigenvalue weighted by Crippen LogP contribution is 2.57. The molecule has 1 saturated heterocycles. The maximum atomic E-state index is 11.5. The van der Waals surface area contributed by atoms with Crippen LogP contribution in [0.3, 0.4) is 0 Å². The molecular weight excluding hydrogens is 192 g/mol. The second-order valence-electron chi connectivity index (χ2n) is 4.43. The maximum absolute atomic E-state index is 11.5. The van der Waals surface area contributed by atoms with Crippen molar-refractivity contribution in [2.24, 2.45) is 17.8 Å². The quantitative estimate of drug-likeness (QED) is 0.552. The van der Waals surface area contributed by atoms with Crippen LogP contribution in [0, 0.1) is 17.8 Å². The number of hydrogen-bond donors (Lipinski definition) is 1. The lowest BCUT2D eigenvalue weighted by Crippen LogP contribution is -2.38. The summed E-state index contributed by atoms with van der Waals surface area (Å²) in [5.41, 5.74) is 0. The maximum Gasteiger partial charge on any atom is 0.271 e. The van der Waals surface area contributed by atoms with Gasteiger partial charge in [0.05, 0.1) is 11.4 Å². The van der Waals surface area contributed by atoms with Gasteiger partial charge in [0.15, 0.2) is 0 Å². The standard InChI is InChI=1S/C8H12O4S/c1-3-4-2-5-7(6(4)9)12-13(10,11)8(3)5/h3-9H,2H2,1H3. The van der Waals surface area contributed by atoms with Gasteiger partial charge in [-0.2, -0.15) is 8.42 Å². The van der Waals surface area contributed by atoms with Crippen LogP contribution in [-0.2, 0) is 14.3 Å². The summed E-state index contributed by atoms with van der Waals surface area (Å²) in [6.45, 7) is 1.90. The Balaban J connectivity index is 2.14. The number of fused-ring (bicyclic) bond motifs is 1. The van der Waals surface area contributed by atoms with Crippen molar-refractivity contribution in [1.82, 2.24) is 0 Å². The summed E-state index contributed by atoms with van der Waals surface area (Å²) < 4.78 is 27.9. The van der Waals surface area contributed by atoms with Crippen molar-refractivity contribution in [3.63, 3.8) is 0 Å². The molecule has 3 aliphatic rings. The van der Waals surface area contributed by atoms with E-state index in [1.54, 1.807) is 0 Å². The van der Waals surface area contributed by atoms with E-state index in [4.69, 9.17) is 4.18 Å². The summed E-state index contributed by atoms with van der Waals surface area (Å²) in [6.07, 6.45) is -0.179. The molecule has 5 heteroatoms. The lowest BCUT2D eigenvalue weighted by atomic mass is 9.86. The lowest BCUT2D eigenvalue weighted by Gasteiger charge is -2.25. The molecule has 6 unspecified atom stereocenters. The first-order valence-corrected chi connectivity index (χ1v) is 6.09. The third-order valence-electron chi connectivity index (χ3n) is 3.94. The fourth-order valence-corrected chi connectivity index (χ4v) is 5.51. The first-order chi connectivity index (χ1) is 6.02. The van der Waals surface area contributed by atoms with Crippen LogP contribution in [0.1, 0.15) is 13.3 Å². The number of aliphatic hydroxyl groups excluding tert-OH is 1. The van der Waals surface area contributed by atoms with Gasteiger partial charge in [-0.3, -0.25) is 4.18 Å². The van der Waals surface area contributed by atoms with E-state index in [0.29, 0.717) is 0 Å². The van der Waals surface area contributed by atoms with Gasteiger partial charge in [0.1, 0.15) is 6.10 Å². The second-order valence-corrected chi connectivity index (χ2v) is 6.15. The SMILES string of the molecule is CC1C2CC3C(OS(=O)(=O)C13)C2O. The van der Waals surface area contributed by atoms with Gasteiger partial charge in [0.2, 0.25) is 0 Å². The molecule has 1 N–H and O–H groups in total. The van der Waals surface area contributed by atoms with Gasteiger partial charge in [-0.15, -0.1) is 0 Å². The van der Waals surface area contributed by atoms with E-state index in [9.17, 15) is 13.5 Å². The number of aliphatic hydroxyl groups is 1.